The van der Waals surface area contributed by atoms with Gasteiger partial charge in [0.2, 0.25) is 0 Å². The van der Waals surface area contributed by atoms with Gasteiger partial charge in [-0.2, -0.15) is 13.2 Å². The maximum Gasteiger partial charge on any atom is 0.394 e. The van der Waals surface area contributed by atoms with Crippen molar-refractivity contribution in [3.8, 4) is 0 Å². The van der Waals surface area contributed by atoms with Crippen LogP contribution in [0.2, 0.25) is 5.02 Å². The molecule has 72 valence electrons. The molecule has 0 amide bonds. The topological polar surface area (TPSA) is 38.9 Å². The van der Waals surface area contributed by atoms with Crippen molar-refractivity contribution in [2.24, 2.45) is 0 Å². The second-order valence-corrected chi connectivity index (χ2v) is 2.93. The van der Waals surface area contributed by atoms with Crippen LogP contribution in [0.3, 0.4) is 0 Å². The molecule has 0 aliphatic rings. The number of pyridine rings is 1. The Bertz CT molecular complexity index is 291. The van der Waals surface area contributed by atoms with Crippen LogP contribution >= 0.6 is 11.6 Å². The Kier molecular flexibility index (Phi) is 2.66. The van der Waals surface area contributed by atoms with Gasteiger partial charge in [-0.3, -0.25) is 0 Å². The molecule has 1 heterocycles. The summed E-state index contributed by atoms with van der Waals surface area (Å²) in [5.74, 6) is -0.00764. The largest absolute Gasteiger partial charge is 0.394 e. The van der Waals surface area contributed by atoms with E-state index in [-0.39, 0.29) is 16.5 Å². The lowest BCUT2D eigenvalue weighted by Gasteiger charge is -2.06. The Balaban J connectivity index is 2.90. The van der Waals surface area contributed by atoms with Crippen molar-refractivity contribution in [1.29, 1.82) is 0 Å². The number of anilines is 1. The van der Waals surface area contributed by atoms with Crippen molar-refractivity contribution in [3.63, 3.8) is 0 Å². The van der Waals surface area contributed by atoms with Gasteiger partial charge in [0.05, 0.1) is 12.1 Å². The van der Waals surface area contributed by atoms with E-state index in [1.165, 1.54) is 6.07 Å². The second-order valence-electron chi connectivity index (χ2n) is 2.49. The molecule has 0 unspecified atom stereocenters. The van der Waals surface area contributed by atoms with Gasteiger partial charge < -0.3 is 5.73 Å². The van der Waals surface area contributed by atoms with Crippen LogP contribution in [-0.2, 0) is 6.42 Å². The van der Waals surface area contributed by atoms with E-state index in [0.717, 1.165) is 6.07 Å². The first-order valence-corrected chi connectivity index (χ1v) is 3.73. The molecule has 0 fully saturated rings. The van der Waals surface area contributed by atoms with E-state index in [0.29, 0.717) is 0 Å². The van der Waals surface area contributed by atoms with Crippen LogP contribution in [0.15, 0.2) is 12.1 Å². The molecule has 0 atom stereocenters. The number of nitrogens with two attached hydrogens (primary N) is 1. The van der Waals surface area contributed by atoms with Crippen molar-refractivity contribution < 1.29 is 13.2 Å². The number of alkyl halides is 3. The Hall–Kier alpha value is -0.970. The molecule has 1 aromatic rings. The highest BCUT2D eigenvalue weighted by Crippen LogP contribution is 2.22. The lowest BCUT2D eigenvalue weighted by atomic mass is 10.2. The Morgan fingerprint density at radius 2 is 2.00 bits per heavy atom. The number of nitrogen functional groups attached to an aromatic ring is 1. The van der Waals surface area contributed by atoms with E-state index in [1.807, 2.05) is 0 Å². The van der Waals surface area contributed by atoms with Crippen LogP contribution in [0.4, 0.5) is 19.0 Å². The molecule has 0 radical (unpaired) electrons. The first-order chi connectivity index (χ1) is 5.87. The van der Waals surface area contributed by atoms with Gasteiger partial charge in [0.25, 0.3) is 0 Å². The predicted molar refractivity (Wildman–Crippen MR) is 43.4 cm³/mol. The molecular weight excluding hydrogens is 205 g/mol. The zero-order valence-corrected chi connectivity index (χ0v) is 7.15. The van der Waals surface area contributed by atoms with Crippen molar-refractivity contribution in [2.45, 2.75) is 12.6 Å². The summed E-state index contributed by atoms with van der Waals surface area (Å²) in [6.45, 7) is 0. The molecule has 0 saturated carbocycles. The molecule has 1 aromatic heterocycles. The quantitative estimate of drug-likeness (QED) is 0.773. The minimum absolute atomic E-state index is 0.00764. The van der Waals surface area contributed by atoms with E-state index in [4.69, 9.17) is 17.3 Å². The highest BCUT2D eigenvalue weighted by atomic mass is 35.5. The molecule has 0 spiro atoms. The van der Waals surface area contributed by atoms with Gasteiger partial charge in [0, 0.05) is 5.02 Å². The van der Waals surface area contributed by atoms with Gasteiger partial charge in [-0.05, 0) is 12.1 Å². The van der Waals surface area contributed by atoms with E-state index < -0.39 is 12.6 Å². The molecule has 0 aromatic carbocycles. The van der Waals surface area contributed by atoms with Crippen LogP contribution in [0.5, 0.6) is 0 Å². The van der Waals surface area contributed by atoms with Crippen molar-refractivity contribution in [3.05, 3.63) is 22.8 Å². The van der Waals surface area contributed by atoms with Gasteiger partial charge in [0.15, 0.2) is 0 Å². The average molecular weight is 211 g/mol. The summed E-state index contributed by atoms with van der Waals surface area (Å²) < 4.78 is 35.6. The van der Waals surface area contributed by atoms with Crippen molar-refractivity contribution in [1.82, 2.24) is 4.98 Å². The van der Waals surface area contributed by atoms with Crippen LogP contribution in [-0.4, -0.2) is 11.2 Å². The molecular formula is C7H6ClF3N2. The number of rotatable bonds is 1. The maximum absolute atomic E-state index is 11.9. The third-order valence-corrected chi connectivity index (χ3v) is 1.46. The van der Waals surface area contributed by atoms with E-state index in [2.05, 4.69) is 4.98 Å². The minimum atomic E-state index is -4.29. The molecule has 6 heteroatoms. The number of nitrogens with zero attached hydrogens (tertiary/aromatic N) is 1. The van der Waals surface area contributed by atoms with Crippen LogP contribution < -0.4 is 5.73 Å². The maximum atomic E-state index is 11.9. The Labute approximate surface area is 77.5 Å². The summed E-state index contributed by atoms with van der Waals surface area (Å²) >= 11 is 5.49. The average Bonchev–Trinajstić information content (AvgIpc) is 1.78. The monoisotopic (exact) mass is 210 g/mol. The second kappa shape index (κ2) is 3.41. The molecule has 0 aliphatic carbocycles. The van der Waals surface area contributed by atoms with Gasteiger partial charge in [-0.1, -0.05) is 11.6 Å². The lowest BCUT2D eigenvalue weighted by molar-refractivity contribution is -0.127. The number of hydrogen-bond donors (Lipinski definition) is 1. The highest BCUT2D eigenvalue weighted by Gasteiger charge is 2.28. The van der Waals surface area contributed by atoms with E-state index in [9.17, 15) is 13.2 Å². The zero-order valence-electron chi connectivity index (χ0n) is 6.40. The first-order valence-electron chi connectivity index (χ1n) is 3.35. The summed E-state index contributed by atoms with van der Waals surface area (Å²) in [5, 5.41) is 0.159. The molecule has 2 nitrogen and oxygen atoms in total. The molecule has 0 saturated heterocycles. The lowest BCUT2D eigenvalue weighted by Crippen LogP contribution is -2.13. The third kappa shape index (κ3) is 3.50. The molecule has 13 heavy (non-hydrogen) atoms. The van der Waals surface area contributed by atoms with Crippen LogP contribution in [0.25, 0.3) is 0 Å². The SMILES string of the molecule is Nc1cc(Cl)cc(CC(F)(F)F)n1. The van der Waals surface area contributed by atoms with Gasteiger partial charge in [-0.25, -0.2) is 4.98 Å². The van der Waals surface area contributed by atoms with Crippen molar-refractivity contribution in [2.75, 3.05) is 5.73 Å². The zero-order chi connectivity index (χ0) is 10.1. The van der Waals surface area contributed by atoms with Crippen molar-refractivity contribution >= 4 is 17.4 Å². The number of hydrogen-bond acceptors (Lipinski definition) is 2. The summed E-state index contributed by atoms with van der Waals surface area (Å²) in [7, 11) is 0. The number of aromatic nitrogens is 1. The molecule has 1 rings (SSSR count). The fourth-order valence-electron chi connectivity index (χ4n) is 0.868. The molecule has 0 aliphatic heterocycles. The third-order valence-electron chi connectivity index (χ3n) is 1.24. The Morgan fingerprint density at radius 3 is 2.46 bits per heavy atom. The Morgan fingerprint density at radius 1 is 1.38 bits per heavy atom. The minimum Gasteiger partial charge on any atom is -0.384 e. The summed E-state index contributed by atoms with van der Waals surface area (Å²) in [6.07, 6.45) is -5.40. The predicted octanol–water partition coefficient (Wildman–Crippen LogP) is 2.42. The fourth-order valence-corrected chi connectivity index (χ4v) is 1.11. The highest BCUT2D eigenvalue weighted by molar-refractivity contribution is 6.30. The number of halogens is 4. The van der Waals surface area contributed by atoms with Gasteiger partial charge in [0.1, 0.15) is 5.82 Å². The summed E-state index contributed by atoms with van der Waals surface area (Å²) in [4.78, 5) is 3.49. The first kappa shape index (κ1) is 10.1. The van der Waals surface area contributed by atoms with Crippen LogP contribution in [0, 0.1) is 0 Å². The molecule has 2 N–H and O–H groups in total. The van der Waals surface area contributed by atoms with E-state index >= 15 is 0 Å². The summed E-state index contributed by atoms with van der Waals surface area (Å²) in [6, 6.07) is 2.44. The summed E-state index contributed by atoms with van der Waals surface area (Å²) in [5.41, 5.74) is 5.05. The van der Waals surface area contributed by atoms with Gasteiger partial charge in [-0.15, -0.1) is 0 Å². The van der Waals surface area contributed by atoms with E-state index in [1.54, 1.807) is 0 Å². The van der Waals surface area contributed by atoms with Gasteiger partial charge >= 0.3 is 6.18 Å². The smallest absolute Gasteiger partial charge is 0.384 e. The normalized spacial score (nSPS) is 11.7. The van der Waals surface area contributed by atoms with Crippen LogP contribution in [0.1, 0.15) is 5.69 Å². The molecule has 0 bridgehead atoms. The standard InChI is InChI=1S/C7H6ClF3N2/c8-4-1-5(3-7(9,10)11)13-6(12)2-4/h1-2H,3H2,(H2,12,13). The fraction of sp³-hybridized carbons (Fsp3) is 0.286.